The quantitative estimate of drug-likeness (QED) is 0.839. The molecule has 3 heterocycles. The van der Waals surface area contributed by atoms with Gasteiger partial charge in [-0.05, 0) is 0 Å². The zero-order valence-electron chi connectivity index (χ0n) is 11.4. The third-order valence-corrected chi connectivity index (χ3v) is 8.14. The molecule has 21 heavy (non-hydrogen) atoms. The highest BCUT2D eigenvalue weighted by molar-refractivity contribution is 8.06. The summed E-state index contributed by atoms with van der Waals surface area (Å²) in [6.45, 7) is 0.459. The van der Waals surface area contributed by atoms with Gasteiger partial charge in [0.2, 0.25) is 0 Å². The normalized spacial score (nSPS) is 20.0. The maximum Gasteiger partial charge on any atom is 0.260 e. The van der Waals surface area contributed by atoms with Crippen LogP contribution in [0.15, 0.2) is 16.6 Å². The number of aromatic nitrogens is 2. The van der Waals surface area contributed by atoms with E-state index >= 15 is 0 Å². The van der Waals surface area contributed by atoms with E-state index in [9.17, 15) is 8.42 Å². The third kappa shape index (κ3) is 3.19. The van der Waals surface area contributed by atoms with Crippen LogP contribution in [0.4, 0.5) is 5.82 Å². The van der Waals surface area contributed by atoms with Gasteiger partial charge in [0.05, 0.1) is 0 Å². The topological polar surface area (TPSA) is 75.5 Å². The van der Waals surface area contributed by atoms with E-state index in [0.717, 1.165) is 17.3 Å². The van der Waals surface area contributed by atoms with Crippen LogP contribution in [-0.2, 0) is 10.0 Å². The van der Waals surface area contributed by atoms with Crippen LogP contribution in [0.2, 0.25) is 0 Å². The fraction of sp³-hybridized carbons (Fsp3) is 0.545. The Balaban J connectivity index is 1.83. The van der Waals surface area contributed by atoms with E-state index in [4.69, 9.17) is 0 Å². The Bertz CT molecular complexity index is 718. The molecule has 1 fully saturated rings. The molecule has 0 amide bonds. The molecule has 0 bridgehead atoms. The second-order valence-electron chi connectivity index (χ2n) is 4.49. The van der Waals surface area contributed by atoms with Crippen molar-refractivity contribution in [3.8, 4) is 0 Å². The lowest BCUT2D eigenvalue weighted by atomic mass is 10.5. The van der Waals surface area contributed by atoms with Crippen molar-refractivity contribution in [1.29, 1.82) is 0 Å². The second kappa shape index (κ2) is 6.37. The van der Waals surface area contributed by atoms with E-state index in [1.54, 1.807) is 17.6 Å². The van der Waals surface area contributed by atoms with Gasteiger partial charge in [-0.2, -0.15) is 23.5 Å². The van der Waals surface area contributed by atoms with E-state index < -0.39 is 10.0 Å². The minimum Gasteiger partial charge on any atom is -0.371 e. The molecule has 0 saturated carbocycles. The number of thiazole rings is 1. The number of hydrogen-bond donors (Lipinski definition) is 2. The van der Waals surface area contributed by atoms with Crippen molar-refractivity contribution >= 4 is 55.7 Å². The maximum absolute atomic E-state index is 12.6. The van der Waals surface area contributed by atoms with E-state index in [0.29, 0.717) is 22.6 Å². The number of thioether (sulfide) groups is 2. The third-order valence-electron chi connectivity index (χ3n) is 3.10. The van der Waals surface area contributed by atoms with E-state index in [1.807, 2.05) is 28.9 Å². The molecule has 0 spiro atoms. The smallest absolute Gasteiger partial charge is 0.260 e. The largest absolute Gasteiger partial charge is 0.371 e. The Morgan fingerprint density at radius 3 is 3.05 bits per heavy atom. The van der Waals surface area contributed by atoms with Gasteiger partial charge < -0.3 is 5.32 Å². The summed E-state index contributed by atoms with van der Waals surface area (Å²) in [4.78, 5) is 4.96. The highest BCUT2D eigenvalue weighted by Gasteiger charge is 2.26. The number of rotatable bonds is 5. The maximum atomic E-state index is 12.6. The van der Waals surface area contributed by atoms with Gasteiger partial charge in [-0.25, -0.2) is 18.1 Å². The van der Waals surface area contributed by atoms with E-state index in [1.165, 1.54) is 11.3 Å². The first-order valence-corrected chi connectivity index (χ1v) is 11.0. The number of nitrogens with zero attached hydrogens (tertiary/aromatic N) is 2. The summed E-state index contributed by atoms with van der Waals surface area (Å²) in [7, 11) is -1.90. The molecular formula is C11H16N4O2S4. The number of imidazole rings is 1. The Morgan fingerprint density at radius 2 is 2.33 bits per heavy atom. The highest BCUT2D eigenvalue weighted by Crippen LogP contribution is 2.27. The SMILES string of the molecule is CNc1nc2sccn2c1S(=O)(=O)NCC1CSCCS1. The minimum atomic E-state index is -3.58. The Morgan fingerprint density at radius 1 is 1.48 bits per heavy atom. The average Bonchev–Trinajstić information content (AvgIpc) is 3.06. The number of sulfonamides is 1. The second-order valence-corrected chi connectivity index (χ2v) is 9.60. The molecule has 0 radical (unpaired) electrons. The van der Waals surface area contributed by atoms with Crippen LogP contribution in [0, 0.1) is 0 Å². The summed E-state index contributed by atoms with van der Waals surface area (Å²) in [5, 5.41) is 5.21. The van der Waals surface area contributed by atoms with Crippen molar-refractivity contribution in [2.24, 2.45) is 0 Å². The summed E-state index contributed by atoms with van der Waals surface area (Å²) in [6.07, 6.45) is 1.73. The summed E-state index contributed by atoms with van der Waals surface area (Å²) >= 11 is 5.12. The molecule has 10 heteroatoms. The van der Waals surface area contributed by atoms with Crippen molar-refractivity contribution in [3.63, 3.8) is 0 Å². The van der Waals surface area contributed by atoms with Gasteiger partial charge in [0.25, 0.3) is 10.0 Å². The van der Waals surface area contributed by atoms with Crippen LogP contribution in [0.5, 0.6) is 0 Å². The Hall–Kier alpha value is -0.420. The zero-order valence-corrected chi connectivity index (χ0v) is 14.7. The van der Waals surface area contributed by atoms with Gasteiger partial charge in [0.15, 0.2) is 15.8 Å². The van der Waals surface area contributed by atoms with E-state index in [2.05, 4.69) is 15.0 Å². The van der Waals surface area contributed by atoms with Crippen molar-refractivity contribution in [2.75, 3.05) is 36.2 Å². The van der Waals surface area contributed by atoms with Gasteiger partial charge in [0, 0.05) is 47.7 Å². The molecule has 1 unspecified atom stereocenters. The number of hydrogen-bond acceptors (Lipinski definition) is 7. The van der Waals surface area contributed by atoms with Gasteiger partial charge >= 0.3 is 0 Å². The summed E-state index contributed by atoms with van der Waals surface area (Å²) in [5.74, 6) is 3.61. The predicted octanol–water partition coefficient (Wildman–Crippen LogP) is 1.56. The molecule has 1 aliphatic rings. The molecule has 1 saturated heterocycles. The molecule has 2 aromatic heterocycles. The molecule has 3 rings (SSSR count). The zero-order chi connectivity index (χ0) is 14.9. The van der Waals surface area contributed by atoms with Crippen molar-refractivity contribution < 1.29 is 8.42 Å². The number of nitrogens with one attached hydrogen (secondary N) is 2. The minimum absolute atomic E-state index is 0.190. The van der Waals surface area contributed by atoms with Gasteiger partial charge in [-0.15, -0.1) is 11.3 Å². The first kappa shape index (κ1) is 15.5. The highest BCUT2D eigenvalue weighted by atomic mass is 32.2. The van der Waals surface area contributed by atoms with Gasteiger partial charge in [-0.1, -0.05) is 0 Å². The monoisotopic (exact) mass is 364 g/mol. The van der Waals surface area contributed by atoms with Crippen LogP contribution in [0.25, 0.3) is 4.96 Å². The standard InChI is InChI=1S/C11H16N4O2S4/c1-12-9-10(15-2-3-20-11(15)14-9)21(16,17)13-6-8-7-18-4-5-19-8/h2-3,8,12-13H,4-7H2,1H3. The average molecular weight is 365 g/mol. The molecule has 0 aliphatic carbocycles. The summed E-state index contributed by atoms with van der Waals surface area (Å²) in [6, 6.07) is 0. The van der Waals surface area contributed by atoms with Crippen molar-refractivity contribution in [3.05, 3.63) is 11.6 Å². The van der Waals surface area contributed by atoms with Crippen molar-refractivity contribution in [1.82, 2.24) is 14.1 Å². The fourth-order valence-corrected chi connectivity index (χ4v) is 6.96. The van der Waals surface area contributed by atoms with Crippen LogP contribution in [0.1, 0.15) is 0 Å². The van der Waals surface area contributed by atoms with Gasteiger partial charge in [-0.3, -0.25) is 4.40 Å². The molecule has 2 aromatic rings. The summed E-state index contributed by atoms with van der Waals surface area (Å²) < 4.78 is 29.6. The van der Waals surface area contributed by atoms with Crippen LogP contribution in [0.3, 0.4) is 0 Å². The fourth-order valence-electron chi connectivity index (χ4n) is 2.11. The molecule has 0 aromatic carbocycles. The summed E-state index contributed by atoms with van der Waals surface area (Å²) in [5.41, 5.74) is 0. The predicted molar refractivity (Wildman–Crippen MR) is 91.4 cm³/mol. The Labute approximate surface area is 136 Å². The van der Waals surface area contributed by atoms with Crippen LogP contribution >= 0.6 is 34.9 Å². The molecular weight excluding hydrogens is 348 g/mol. The number of anilines is 1. The van der Waals surface area contributed by atoms with Gasteiger partial charge in [0.1, 0.15) is 0 Å². The van der Waals surface area contributed by atoms with Crippen LogP contribution < -0.4 is 10.0 Å². The Kier molecular flexibility index (Phi) is 4.69. The molecule has 2 N–H and O–H groups in total. The molecule has 1 atom stereocenters. The van der Waals surface area contributed by atoms with Crippen LogP contribution in [-0.4, -0.2) is 53.9 Å². The molecule has 6 nitrogen and oxygen atoms in total. The first-order chi connectivity index (χ1) is 10.1. The number of fused-ring (bicyclic) bond motifs is 1. The lowest BCUT2D eigenvalue weighted by molar-refractivity contribution is 0.577. The van der Waals surface area contributed by atoms with Crippen molar-refractivity contribution in [2.45, 2.75) is 10.3 Å². The lowest BCUT2D eigenvalue weighted by Crippen LogP contribution is -2.34. The van der Waals surface area contributed by atoms with E-state index in [-0.39, 0.29) is 5.03 Å². The first-order valence-electron chi connectivity index (χ1n) is 6.44. The molecule has 1 aliphatic heterocycles. The lowest BCUT2D eigenvalue weighted by Gasteiger charge is -2.21. The molecule has 116 valence electrons.